The van der Waals surface area contributed by atoms with Gasteiger partial charge in [-0.25, -0.2) is 0 Å². The normalized spacial score (nSPS) is 7.20. The van der Waals surface area contributed by atoms with Crippen LogP contribution in [0.1, 0.15) is 0 Å². The predicted octanol–water partition coefficient (Wildman–Crippen LogP) is 0.662. The first kappa shape index (κ1) is 9.70. The molecule has 0 spiro atoms. The standard InChI is InChI=1S/Cl2OS.Li/c1-4(2)3;. The van der Waals surface area contributed by atoms with E-state index in [0.717, 1.165) is 0 Å². The van der Waals surface area contributed by atoms with Crippen molar-refractivity contribution in [2.45, 2.75) is 0 Å². The van der Waals surface area contributed by atoms with Crippen LogP contribution in [0, 0.1) is 0 Å². The van der Waals surface area contributed by atoms with Crippen LogP contribution in [-0.2, 0) is 9.60 Å². The molecule has 0 saturated heterocycles. The third kappa shape index (κ3) is 30.2. The molecular formula is Cl2LiOS. The zero-order valence-corrected chi connectivity index (χ0v) is 4.90. The van der Waals surface area contributed by atoms with Crippen LogP contribution in [0.25, 0.3) is 0 Å². The molecule has 0 aromatic carbocycles. The molecule has 0 aromatic rings. The fourth-order valence-electron chi connectivity index (χ4n) is 0. The van der Waals surface area contributed by atoms with Crippen molar-refractivity contribution in [3.8, 4) is 0 Å². The molecule has 0 fully saturated rings. The van der Waals surface area contributed by atoms with Gasteiger partial charge < -0.3 is 4.55 Å². The van der Waals surface area contributed by atoms with Gasteiger partial charge in [0, 0.05) is 18.9 Å². The summed E-state index contributed by atoms with van der Waals surface area (Å²) < 4.78 is 9.09. The Morgan fingerprint density at radius 1 is 1.40 bits per heavy atom. The van der Waals surface area contributed by atoms with Gasteiger partial charge in [0.25, 0.3) is 0 Å². The summed E-state index contributed by atoms with van der Waals surface area (Å²) in [5, 5.41) is 0. The summed E-state index contributed by atoms with van der Waals surface area (Å²) >= 11 is 0. The molecule has 0 unspecified atom stereocenters. The molecule has 5 heavy (non-hydrogen) atoms. The minimum absolute atomic E-state index is 0. The minimum atomic E-state index is -1.67. The van der Waals surface area contributed by atoms with Crippen molar-refractivity contribution in [2.75, 3.05) is 0 Å². The smallest absolute Gasteiger partial charge is 0.198 e. The molecule has 0 aliphatic carbocycles. The molecular weight excluding hydrogens is 126 g/mol. The minimum Gasteiger partial charge on any atom is -0.582 e. The molecule has 1 nitrogen and oxygen atoms in total. The van der Waals surface area contributed by atoms with Gasteiger partial charge in [0.1, 0.15) is 0 Å². The summed E-state index contributed by atoms with van der Waals surface area (Å²) in [6.07, 6.45) is 0. The molecule has 1 radical (unpaired) electrons. The summed E-state index contributed by atoms with van der Waals surface area (Å²) in [4.78, 5) is 0. The van der Waals surface area contributed by atoms with Crippen molar-refractivity contribution < 1.29 is 4.55 Å². The van der Waals surface area contributed by atoms with Crippen LogP contribution >= 0.6 is 21.4 Å². The molecule has 0 saturated carbocycles. The quantitative estimate of drug-likeness (QED) is 0.345. The molecule has 0 aliphatic heterocycles. The maximum absolute atomic E-state index is 9.09. The van der Waals surface area contributed by atoms with Gasteiger partial charge in [0.05, 0.1) is 0 Å². The fourth-order valence-corrected chi connectivity index (χ4v) is 0. The Morgan fingerprint density at radius 2 is 1.40 bits per heavy atom. The van der Waals surface area contributed by atoms with Crippen molar-refractivity contribution in [1.82, 2.24) is 0 Å². The van der Waals surface area contributed by atoms with Crippen molar-refractivity contribution in [2.24, 2.45) is 0 Å². The monoisotopic (exact) mass is 125 g/mol. The topological polar surface area (TPSA) is 23.1 Å². The SMILES string of the molecule is [Li].[O-][S+](Cl)Cl. The average molecular weight is 126 g/mol. The number of hydrogen-bond acceptors (Lipinski definition) is 1. The van der Waals surface area contributed by atoms with Gasteiger partial charge in [-0.3, -0.25) is 0 Å². The maximum Gasteiger partial charge on any atom is 0.198 e. The van der Waals surface area contributed by atoms with Gasteiger partial charge in [-0.05, 0) is 0 Å². The zero-order valence-electron chi connectivity index (χ0n) is 2.57. The average Bonchev–Trinajstić information content (AvgIpc) is 0.811. The fraction of sp³-hybridized carbons (Fsp3) is 0. The Balaban J connectivity index is 0. The van der Waals surface area contributed by atoms with Gasteiger partial charge in [-0.1, -0.05) is 0 Å². The second kappa shape index (κ2) is 5.49. The molecule has 0 heterocycles. The molecule has 0 bridgehead atoms. The van der Waals surface area contributed by atoms with E-state index in [1.807, 2.05) is 0 Å². The molecule has 0 aromatic heterocycles. The Bertz CT molecular complexity index is 14.4. The van der Waals surface area contributed by atoms with Crippen LogP contribution in [0.15, 0.2) is 0 Å². The van der Waals surface area contributed by atoms with E-state index in [4.69, 9.17) is 4.55 Å². The summed E-state index contributed by atoms with van der Waals surface area (Å²) in [7, 11) is 7.36. The van der Waals surface area contributed by atoms with Crippen LogP contribution in [0.2, 0.25) is 0 Å². The number of halogens is 2. The number of rotatable bonds is 0. The zero-order chi connectivity index (χ0) is 3.58. The van der Waals surface area contributed by atoms with Gasteiger partial charge in [-0.2, -0.15) is 0 Å². The van der Waals surface area contributed by atoms with Gasteiger partial charge in [0.2, 0.25) is 0 Å². The van der Waals surface area contributed by atoms with Crippen LogP contribution in [-0.4, -0.2) is 23.4 Å². The van der Waals surface area contributed by atoms with Crippen molar-refractivity contribution in [3.63, 3.8) is 0 Å². The van der Waals surface area contributed by atoms with Crippen molar-refractivity contribution in [1.29, 1.82) is 0 Å². The molecule has 0 N–H and O–H groups in total. The Morgan fingerprint density at radius 3 is 1.40 bits per heavy atom. The van der Waals surface area contributed by atoms with E-state index < -0.39 is 9.60 Å². The second-order valence-electron chi connectivity index (χ2n) is 0.184. The summed E-state index contributed by atoms with van der Waals surface area (Å²) in [5.74, 6) is 0. The summed E-state index contributed by atoms with van der Waals surface area (Å²) in [6.45, 7) is 0. The third-order valence-electron chi connectivity index (χ3n) is 0. The number of hydrogen-bond donors (Lipinski definition) is 0. The van der Waals surface area contributed by atoms with Gasteiger partial charge in [0.15, 0.2) is 31.0 Å². The first-order chi connectivity index (χ1) is 1.73. The van der Waals surface area contributed by atoms with E-state index in [2.05, 4.69) is 21.4 Å². The first-order valence-electron chi connectivity index (χ1n) is 0.475. The van der Waals surface area contributed by atoms with Crippen LogP contribution < -0.4 is 0 Å². The van der Waals surface area contributed by atoms with E-state index in [1.165, 1.54) is 0 Å². The Hall–Kier alpha value is 1.49. The van der Waals surface area contributed by atoms with Gasteiger partial charge >= 0.3 is 0 Å². The maximum atomic E-state index is 9.09. The van der Waals surface area contributed by atoms with Crippen LogP contribution in [0.5, 0.6) is 0 Å². The molecule has 0 rings (SSSR count). The Kier molecular flexibility index (Phi) is 10.6. The van der Waals surface area contributed by atoms with Crippen LogP contribution in [0.4, 0.5) is 0 Å². The van der Waals surface area contributed by atoms with E-state index >= 15 is 0 Å². The van der Waals surface area contributed by atoms with E-state index in [0.29, 0.717) is 0 Å². The van der Waals surface area contributed by atoms with Crippen LogP contribution in [0.3, 0.4) is 0 Å². The molecule has 0 atom stereocenters. The molecule has 5 heteroatoms. The molecule has 27 valence electrons. The van der Waals surface area contributed by atoms with E-state index in [1.54, 1.807) is 0 Å². The second-order valence-corrected chi connectivity index (χ2v) is 2.71. The van der Waals surface area contributed by atoms with Crippen molar-refractivity contribution >= 4 is 49.8 Å². The molecule has 0 aliphatic rings. The third-order valence-corrected chi connectivity index (χ3v) is 0. The first-order valence-corrected chi connectivity index (χ1v) is 3.28. The van der Waals surface area contributed by atoms with E-state index in [-0.39, 0.29) is 18.9 Å². The largest absolute Gasteiger partial charge is 0.582 e. The summed E-state index contributed by atoms with van der Waals surface area (Å²) in [5.41, 5.74) is 0. The predicted molar refractivity (Wildman–Crippen MR) is 25.6 cm³/mol. The summed E-state index contributed by atoms with van der Waals surface area (Å²) in [6, 6.07) is 0. The van der Waals surface area contributed by atoms with Gasteiger partial charge in [-0.15, -0.1) is 0 Å². The molecule has 0 amide bonds. The van der Waals surface area contributed by atoms with E-state index in [9.17, 15) is 0 Å². The van der Waals surface area contributed by atoms with Crippen molar-refractivity contribution in [3.05, 3.63) is 0 Å². The Labute approximate surface area is 54.4 Å².